The summed E-state index contributed by atoms with van der Waals surface area (Å²) < 4.78 is 4.97. The highest BCUT2D eigenvalue weighted by Crippen LogP contribution is 2.33. The number of aromatic nitrogens is 4. The van der Waals surface area contributed by atoms with Crippen LogP contribution in [0, 0.1) is 0 Å². The fourth-order valence-corrected chi connectivity index (χ4v) is 1.98. The van der Waals surface area contributed by atoms with Crippen molar-refractivity contribution in [1.29, 1.82) is 0 Å². The molecular formula is C13H13N5O3. The summed E-state index contributed by atoms with van der Waals surface area (Å²) in [5.41, 5.74) is 1.54. The number of phenols is 2. The van der Waals surface area contributed by atoms with E-state index in [1.165, 1.54) is 31.9 Å². The minimum Gasteiger partial charge on any atom is -0.507 e. The second-order valence-electron chi connectivity index (χ2n) is 4.32. The highest BCUT2D eigenvalue weighted by molar-refractivity contribution is 5.81. The van der Waals surface area contributed by atoms with Crippen molar-refractivity contribution in [3.63, 3.8) is 0 Å². The van der Waals surface area contributed by atoms with Crippen LogP contribution in [0.5, 0.6) is 17.2 Å². The van der Waals surface area contributed by atoms with Crippen LogP contribution in [0.1, 0.15) is 5.56 Å². The van der Waals surface area contributed by atoms with Crippen LogP contribution in [0.4, 0.5) is 5.82 Å². The van der Waals surface area contributed by atoms with E-state index in [1.807, 2.05) is 0 Å². The molecule has 0 atom stereocenters. The number of aromatic amines is 1. The summed E-state index contributed by atoms with van der Waals surface area (Å²) in [6.07, 6.45) is 2.92. The van der Waals surface area contributed by atoms with Gasteiger partial charge in [0.1, 0.15) is 29.1 Å². The molecule has 0 bridgehead atoms. The third kappa shape index (κ3) is 2.38. The summed E-state index contributed by atoms with van der Waals surface area (Å²) in [6, 6.07) is 2.86. The lowest BCUT2D eigenvalue weighted by Gasteiger charge is -2.11. The molecule has 8 heteroatoms. The Labute approximate surface area is 119 Å². The molecule has 3 rings (SSSR count). The number of phenolic OH excluding ortho intramolecular Hbond substituents is 2. The van der Waals surface area contributed by atoms with Gasteiger partial charge < -0.3 is 25.3 Å². The molecule has 0 saturated heterocycles. The zero-order valence-corrected chi connectivity index (χ0v) is 11.2. The predicted molar refractivity (Wildman–Crippen MR) is 75.3 cm³/mol. The van der Waals surface area contributed by atoms with Gasteiger partial charge in [-0.05, 0) is 0 Å². The number of imidazole rings is 1. The molecule has 2 heterocycles. The second-order valence-corrected chi connectivity index (χ2v) is 4.32. The lowest BCUT2D eigenvalue weighted by molar-refractivity contribution is 0.394. The number of rotatable bonds is 4. The average Bonchev–Trinajstić information content (AvgIpc) is 2.95. The number of nitrogens with zero attached hydrogens (tertiary/aromatic N) is 3. The van der Waals surface area contributed by atoms with Gasteiger partial charge >= 0.3 is 0 Å². The van der Waals surface area contributed by atoms with E-state index in [9.17, 15) is 10.2 Å². The molecule has 3 aromatic rings. The Morgan fingerprint density at radius 2 is 1.95 bits per heavy atom. The normalized spacial score (nSPS) is 10.7. The van der Waals surface area contributed by atoms with Crippen LogP contribution >= 0.6 is 0 Å². The van der Waals surface area contributed by atoms with E-state index in [0.29, 0.717) is 28.3 Å². The second kappa shape index (κ2) is 5.16. The Balaban J connectivity index is 1.87. The van der Waals surface area contributed by atoms with Crippen LogP contribution in [0.3, 0.4) is 0 Å². The first kappa shape index (κ1) is 13.0. The highest BCUT2D eigenvalue weighted by Gasteiger charge is 2.12. The highest BCUT2D eigenvalue weighted by atomic mass is 16.5. The molecule has 0 unspecified atom stereocenters. The van der Waals surface area contributed by atoms with Crippen LogP contribution in [0.2, 0.25) is 0 Å². The molecule has 21 heavy (non-hydrogen) atoms. The first-order valence-corrected chi connectivity index (χ1v) is 6.16. The van der Waals surface area contributed by atoms with E-state index in [2.05, 4.69) is 25.3 Å². The molecule has 1 aromatic carbocycles. The van der Waals surface area contributed by atoms with Crippen LogP contribution in [-0.4, -0.2) is 37.3 Å². The van der Waals surface area contributed by atoms with Crippen molar-refractivity contribution in [1.82, 2.24) is 19.9 Å². The number of hydrogen-bond acceptors (Lipinski definition) is 7. The van der Waals surface area contributed by atoms with Crippen molar-refractivity contribution in [2.24, 2.45) is 0 Å². The summed E-state index contributed by atoms with van der Waals surface area (Å²) in [5.74, 6) is 0.764. The van der Waals surface area contributed by atoms with Gasteiger partial charge in [-0.3, -0.25) is 0 Å². The molecule has 108 valence electrons. The van der Waals surface area contributed by atoms with Gasteiger partial charge in [0, 0.05) is 18.7 Å². The topological polar surface area (TPSA) is 116 Å². The molecule has 0 amide bonds. The predicted octanol–water partition coefficient (Wildman–Crippen LogP) is 1.38. The summed E-state index contributed by atoms with van der Waals surface area (Å²) in [4.78, 5) is 15.1. The van der Waals surface area contributed by atoms with E-state index in [0.717, 1.165) is 0 Å². The minimum atomic E-state index is -0.0633. The van der Waals surface area contributed by atoms with E-state index in [4.69, 9.17) is 4.74 Å². The fourth-order valence-electron chi connectivity index (χ4n) is 1.98. The van der Waals surface area contributed by atoms with Crippen molar-refractivity contribution >= 4 is 17.0 Å². The Morgan fingerprint density at radius 1 is 1.19 bits per heavy atom. The van der Waals surface area contributed by atoms with E-state index in [1.54, 1.807) is 0 Å². The minimum absolute atomic E-state index is 0.0633. The lowest BCUT2D eigenvalue weighted by atomic mass is 10.1. The lowest BCUT2D eigenvalue weighted by Crippen LogP contribution is -2.03. The standard InChI is InChI=1S/C13H13N5O3/c1-21-7-2-9(19)8(10(20)3-7)4-14-12-11-13(16-5-15-11)18-6-17-12/h2-3,5-6,19-20H,4H2,1H3,(H2,14,15,16,17,18). The van der Waals surface area contributed by atoms with Crippen molar-refractivity contribution in [3.8, 4) is 17.2 Å². The number of anilines is 1. The molecule has 0 aliphatic carbocycles. The van der Waals surface area contributed by atoms with Crippen LogP contribution in [-0.2, 0) is 6.54 Å². The van der Waals surface area contributed by atoms with Crippen molar-refractivity contribution < 1.29 is 14.9 Å². The monoisotopic (exact) mass is 287 g/mol. The average molecular weight is 287 g/mol. The SMILES string of the molecule is COc1cc(O)c(CNc2ncnc3[nH]cnc23)c(O)c1. The van der Waals surface area contributed by atoms with Gasteiger partial charge in [0.05, 0.1) is 19.0 Å². The van der Waals surface area contributed by atoms with Crippen LogP contribution in [0.25, 0.3) is 11.2 Å². The summed E-state index contributed by atoms with van der Waals surface area (Å²) in [5, 5.41) is 22.9. The number of ether oxygens (including phenoxy) is 1. The smallest absolute Gasteiger partial charge is 0.162 e. The van der Waals surface area contributed by atoms with Crippen LogP contribution in [0.15, 0.2) is 24.8 Å². The number of H-pyrrole nitrogens is 1. The Bertz CT molecular complexity index is 763. The molecule has 0 radical (unpaired) electrons. The zero-order valence-electron chi connectivity index (χ0n) is 11.2. The number of aromatic hydroxyl groups is 2. The van der Waals surface area contributed by atoms with Gasteiger partial charge in [0.25, 0.3) is 0 Å². The van der Waals surface area contributed by atoms with Crippen LogP contribution < -0.4 is 10.1 Å². The Hall–Kier alpha value is -3.03. The van der Waals surface area contributed by atoms with Gasteiger partial charge in [0.2, 0.25) is 0 Å². The third-order valence-electron chi connectivity index (χ3n) is 3.06. The summed E-state index contributed by atoms with van der Waals surface area (Å²) >= 11 is 0. The van der Waals surface area contributed by atoms with Gasteiger partial charge in [-0.15, -0.1) is 0 Å². The van der Waals surface area contributed by atoms with Crippen molar-refractivity contribution in [3.05, 3.63) is 30.4 Å². The summed E-state index contributed by atoms with van der Waals surface area (Å²) in [7, 11) is 1.46. The molecule has 2 aromatic heterocycles. The summed E-state index contributed by atoms with van der Waals surface area (Å²) in [6.45, 7) is 0.181. The molecular weight excluding hydrogens is 274 g/mol. The first-order chi connectivity index (χ1) is 10.2. The first-order valence-electron chi connectivity index (χ1n) is 6.16. The Kier molecular flexibility index (Phi) is 3.19. The van der Waals surface area contributed by atoms with Gasteiger partial charge in [-0.2, -0.15) is 0 Å². The van der Waals surface area contributed by atoms with E-state index in [-0.39, 0.29) is 18.0 Å². The maximum Gasteiger partial charge on any atom is 0.162 e. The van der Waals surface area contributed by atoms with Gasteiger partial charge in [-0.1, -0.05) is 0 Å². The molecule has 0 fully saturated rings. The van der Waals surface area contributed by atoms with Gasteiger partial charge in [-0.25, -0.2) is 15.0 Å². The largest absolute Gasteiger partial charge is 0.507 e. The zero-order chi connectivity index (χ0) is 14.8. The molecule has 0 aliphatic rings. The Morgan fingerprint density at radius 3 is 2.67 bits per heavy atom. The molecule has 8 nitrogen and oxygen atoms in total. The fraction of sp³-hybridized carbons (Fsp3) is 0.154. The molecule has 0 saturated carbocycles. The van der Waals surface area contributed by atoms with Crippen molar-refractivity contribution in [2.45, 2.75) is 6.54 Å². The molecule has 0 aliphatic heterocycles. The molecule has 4 N–H and O–H groups in total. The number of hydrogen-bond donors (Lipinski definition) is 4. The van der Waals surface area contributed by atoms with E-state index < -0.39 is 0 Å². The maximum atomic E-state index is 9.92. The van der Waals surface area contributed by atoms with Crippen molar-refractivity contribution in [2.75, 3.05) is 12.4 Å². The quantitative estimate of drug-likeness (QED) is 0.573. The third-order valence-corrected chi connectivity index (χ3v) is 3.06. The molecule has 0 spiro atoms. The maximum absolute atomic E-state index is 9.92. The number of methoxy groups -OCH3 is 1. The number of fused-ring (bicyclic) bond motifs is 1. The van der Waals surface area contributed by atoms with Gasteiger partial charge in [0.15, 0.2) is 11.5 Å². The number of benzene rings is 1. The van der Waals surface area contributed by atoms with E-state index >= 15 is 0 Å². The number of nitrogens with one attached hydrogen (secondary N) is 2.